The molecule has 2 aromatic rings. The van der Waals surface area contributed by atoms with E-state index in [2.05, 4.69) is 36.4 Å². The summed E-state index contributed by atoms with van der Waals surface area (Å²) < 4.78 is 0. The summed E-state index contributed by atoms with van der Waals surface area (Å²) in [6, 6.07) is 14.7. The van der Waals surface area contributed by atoms with Crippen molar-refractivity contribution in [3.63, 3.8) is 0 Å². The van der Waals surface area contributed by atoms with E-state index in [-0.39, 0.29) is 0 Å². The quantitative estimate of drug-likeness (QED) is 0.701. The highest BCUT2D eigenvalue weighted by Crippen LogP contribution is 2.39. The van der Waals surface area contributed by atoms with E-state index in [9.17, 15) is 0 Å². The zero-order valence-electron chi connectivity index (χ0n) is 10.00. The predicted octanol–water partition coefficient (Wildman–Crippen LogP) is 5.27. The molecule has 0 spiro atoms. The van der Waals surface area contributed by atoms with E-state index in [1.807, 2.05) is 6.07 Å². The van der Waals surface area contributed by atoms with Crippen LogP contribution in [0.4, 0.5) is 0 Å². The average molecular weight is 277 g/mol. The first-order chi connectivity index (χ1) is 8.74. The van der Waals surface area contributed by atoms with Gasteiger partial charge in [0, 0.05) is 0 Å². The van der Waals surface area contributed by atoms with Crippen LogP contribution in [0.3, 0.4) is 0 Å². The molecule has 0 amide bonds. The Morgan fingerprint density at radius 3 is 2.50 bits per heavy atom. The maximum atomic E-state index is 6.13. The fourth-order valence-corrected chi connectivity index (χ4v) is 3.15. The van der Waals surface area contributed by atoms with E-state index < -0.39 is 0 Å². The van der Waals surface area contributed by atoms with Gasteiger partial charge < -0.3 is 0 Å². The van der Waals surface area contributed by atoms with Crippen molar-refractivity contribution in [1.29, 1.82) is 0 Å². The number of rotatable bonds is 2. The Morgan fingerprint density at radius 2 is 1.72 bits per heavy atom. The summed E-state index contributed by atoms with van der Waals surface area (Å²) in [5.74, 6) is 0.581. The van der Waals surface area contributed by atoms with Gasteiger partial charge in [-0.05, 0) is 54.0 Å². The fourth-order valence-electron chi connectivity index (χ4n) is 2.80. The third-order valence-electron chi connectivity index (χ3n) is 3.71. The van der Waals surface area contributed by atoms with Crippen molar-refractivity contribution in [3.8, 4) is 0 Å². The Morgan fingerprint density at radius 1 is 1.00 bits per heavy atom. The molecule has 0 unspecified atom stereocenters. The Hall–Kier alpha value is -0.980. The highest BCUT2D eigenvalue weighted by Gasteiger charge is 2.23. The van der Waals surface area contributed by atoms with E-state index in [4.69, 9.17) is 23.2 Å². The Labute approximate surface area is 118 Å². The minimum absolute atomic E-state index is 0.581. The number of hydrogen-bond acceptors (Lipinski definition) is 0. The van der Waals surface area contributed by atoms with Crippen molar-refractivity contribution < 1.29 is 0 Å². The molecule has 3 rings (SSSR count). The van der Waals surface area contributed by atoms with Crippen molar-refractivity contribution in [2.75, 3.05) is 0 Å². The van der Waals surface area contributed by atoms with Crippen LogP contribution in [0.1, 0.15) is 29.0 Å². The van der Waals surface area contributed by atoms with Crippen molar-refractivity contribution in [2.45, 2.75) is 25.2 Å². The molecule has 0 aromatic heterocycles. The number of halogens is 2. The fraction of sp³-hybridized carbons (Fsp3) is 0.250. The van der Waals surface area contributed by atoms with Gasteiger partial charge in [-0.1, -0.05) is 53.5 Å². The molecule has 0 aliphatic heterocycles. The van der Waals surface area contributed by atoms with Gasteiger partial charge in [-0.15, -0.1) is 0 Å². The van der Waals surface area contributed by atoms with Crippen molar-refractivity contribution >= 4 is 23.2 Å². The summed E-state index contributed by atoms with van der Waals surface area (Å²) >= 11 is 12.2. The van der Waals surface area contributed by atoms with Gasteiger partial charge in [-0.25, -0.2) is 0 Å². The lowest BCUT2D eigenvalue weighted by Gasteiger charge is -2.12. The molecule has 0 nitrogen and oxygen atoms in total. The SMILES string of the molecule is Clc1cc2c(cc1Cl)[C@H](Cc1ccccc1)CC2. The molecule has 0 fully saturated rings. The molecule has 0 heterocycles. The van der Waals surface area contributed by atoms with E-state index in [0.29, 0.717) is 16.0 Å². The zero-order chi connectivity index (χ0) is 12.5. The molecule has 92 valence electrons. The van der Waals surface area contributed by atoms with Crippen LogP contribution in [-0.4, -0.2) is 0 Å². The Kier molecular flexibility index (Phi) is 3.32. The molecule has 18 heavy (non-hydrogen) atoms. The standard InChI is InChI=1S/C16H14Cl2/c17-15-9-13-7-6-12(14(13)10-16(15)18)8-11-4-2-1-3-5-11/h1-5,9-10,12H,6-8H2/t12-/m0/s1. The first kappa shape index (κ1) is 12.1. The van der Waals surface area contributed by atoms with E-state index in [0.717, 1.165) is 12.8 Å². The minimum atomic E-state index is 0.581. The van der Waals surface area contributed by atoms with Crippen LogP contribution in [0, 0.1) is 0 Å². The maximum absolute atomic E-state index is 6.13. The van der Waals surface area contributed by atoms with Gasteiger partial charge in [-0.3, -0.25) is 0 Å². The number of aryl methyl sites for hydroxylation is 1. The first-order valence-electron chi connectivity index (χ1n) is 6.26. The van der Waals surface area contributed by atoms with Crippen LogP contribution in [-0.2, 0) is 12.8 Å². The van der Waals surface area contributed by atoms with Gasteiger partial charge >= 0.3 is 0 Å². The van der Waals surface area contributed by atoms with Crippen LogP contribution < -0.4 is 0 Å². The van der Waals surface area contributed by atoms with Gasteiger partial charge in [-0.2, -0.15) is 0 Å². The van der Waals surface area contributed by atoms with Crippen molar-refractivity contribution in [2.24, 2.45) is 0 Å². The lowest BCUT2D eigenvalue weighted by Crippen LogP contribution is -1.98. The van der Waals surface area contributed by atoms with E-state index in [1.165, 1.54) is 23.1 Å². The molecule has 0 radical (unpaired) electrons. The Balaban J connectivity index is 1.89. The highest BCUT2D eigenvalue weighted by molar-refractivity contribution is 6.42. The average Bonchev–Trinajstić information content (AvgIpc) is 2.74. The van der Waals surface area contributed by atoms with Gasteiger partial charge in [0.05, 0.1) is 10.0 Å². The molecule has 2 aromatic carbocycles. The highest BCUT2D eigenvalue weighted by atomic mass is 35.5. The maximum Gasteiger partial charge on any atom is 0.0595 e. The van der Waals surface area contributed by atoms with Crippen LogP contribution in [0.25, 0.3) is 0 Å². The van der Waals surface area contributed by atoms with Gasteiger partial charge in [0.25, 0.3) is 0 Å². The van der Waals surface area contributed by atoms with Gasteiger partial charge in [0.2, 0.25) is 0 Å². The van der Waals surface area contributed by atoms with Crippen LogP contribution in [0.5, 0.6) is 0 Å². The van der Waals surface area contributed by atoms with Crippen molar-refractivity contribution in [1.82, 2.24) is 0 Å². The molecule has 0 bridgehead atoms. The van der Waals surface area contributed by atoms with Crippen LogP contribution in [0.15, 0.2) is 42.5 Å². The van der Waals surface area contributed by atoms with Gasteiger partial charge in [0.15, 0.2) is 0 Å². The van der Waals surface area contributed by atoms with E-state index >= 15 is 0 Å². The largest absolute Gasteiger partial charge is 0.0827 e. The molecular formula is C16H14Cl2. The lowest BCUT2D eigenvalue weighted by atomic mass is 9.94. The third kappa shape index (κ3) is 2.28. The lowest BCUT2D eigenvalue weighted by molar-refractivity contribution is 0.674. The molecule has 1 aliphatic carbocycles. The van der Waals surface area contributed by atoms with Crippen LogP contribution >= 0.6 is 23.2 Å². The summed E-state index contributed by atoms with van der Waals surface area (Å²) in [6.07, 6.45) is 3.40. The topological polar surface area (TPSA) is 0 Å². The van der Waals surface area contributed by atoms with Crippen LogP contribution in [0.2, 0.25) is 10.0 Å². The second kappa shape index (κ2) is 4.95. The molecule has 1 atom stereocenters. The number of benzene rings is 2. The minimum Gasteiger partial charge on any atom is -0.0827 e. The molecule has 0 saturated carbocycles. The predicted molar refractivity (Wildman–Crippen MR) is 77.7 cm³/mol. The molecule has 0 saturated heterocycles. The number of hydrogen-bond donors (Lipinski definition) is 0. The third-order valence-corrected chi connectivity index (χ3v) is 4.43. The summed E-state index contributed by atoms with van der Waals surface area (Å²) in [6.45, 7) is 0. The second-order valence-electron chi connectivity index (χ2n) is 4.89. The normalized spacial score (nSPS) is 17.8. The van der Waals surface area contributed by atoms with E-state index in [1.54, 1.807) is 0 Å². The summed E-state index contributed by atoms with van der Waals surface area (Å²) in [7, 11) is 0. The monoisotopic (exact) mass is 276 g/mol. The smallest absolute Gasteiger partial charge is 0.0595 e. The van der Waals surface area contributed by atoms with Gasteiger partial charge in [0.1, 0.15) is 0 Å². The second-order valence-corrected chi connectivity index (χ2v) is 5.70. The molecule has 1 aliphatic rings. The van der Waals surface area contributed by atoms with Crippen molar-refractivity contribution in [3.05, 3.63) is 69.2 Å². The molecule has 0 N–H and O–H groups in total. The Bertz CT molecular complexity index is 561. The summed E-state index contributed by atoms with van der Waals surface area (Å²) in [4.78, 5) is 0. The molecule has 2 heteroatoms. The summed E-state index contributed by atoms with van der Waals surface area (Å²) in [5, 5.41) is 1.35. The zero-order valence-corrected chi connectivity index (χ0v) is 11.5. The summed E-state index contributed by atoms with van der Waals surface area (Å²) in [5.41, 5.74) is 4.14. The molecular weight excluding hydrogens is 263 g/mol. The first-order valence-corrected chi connectivity index (χ1v) is 7.01. The number of fused-ring (bicyclic) bond motifs is 1.